The molecule has 0 aromatic heterocycles. The van der Waals surface area contributed by atoms with E-state index in [4.69, 9.17) is 0 Å². The Bertz CT molecular complexity index is 518. The zero-order chi connectivity index (χ0) is 14.9. The average molecular weight is 274 g/mol. The van der Waals surface area contributed by atoms with Gasteiger partial charge in [0.25, 0.3) is 5.91 Å². The topological polar surface area (TPSA) is 49.4 Å². The first-order chi connectivity index (χ1) is 9.31. The third-order valence-corrected chi connectivity index (χ3v) is 3.67. The second kappa shape index (κ2) is 5.27. The fraction of sp³-hybridized carbons (Fsp3) is 0.500. The molecule has 1 N–H and O–H groups in total. The minimum Gasteiger partial charge on any atom is -0.342 e. The first-order valence-electron chi connectivity index (χ1n) is 7.04. The summed E-state index contributed by atoms with van der Waals surface area (Å²) >= 11 is 0. The van der Waals surface area contributed by atoms with Crippen LogP contribution in [0.1, 0.15) is 45.6 Å². The maximum absolute atomic E-state index is 12.5. The Kier molecular flexibility index (Phi) is 3.84. The second-order valence-electron chi connectivity index (χ2n) is 6.13. The Morgan fingerprint density at radius 2 is 1.75 bits per heavy atom. The van der Waals surface area contributed by atoms with Crippen molar-refractivity contribution in [2.24, 2.45) is 0 Å². The van der Waals surface area contributed by atoms with Crippen LogP contribution in [0, 0.1) is 0 Å². The minimum atomic E-state index is -0.857. The number of benzene rings is 1. The molecule has 0 aliphatic carbocycles. The number of hydrogen-bond donors (Lipinski definition) is 1. The highest BCUT2D eigenvalue weighted by atomic mass is 16.2. The van der Waals surface area contributed by atoms with Crippen LogP contribution in [-0.2, 0) is 9.59 Å². The summed E-state index contributed by atoms with van der Waals surface area (Å²) in [4.78, 5) is 25.9. The average Bonchev–Trinajstić information content (AvgIpc) is 2.47. The second-order valence-corrected chi connectivity index (χ2v) is 6.13. The van der Waals surface area contributed by atoms with Gasteiger partial charge in [0.15, 0.2) is 0 Å². The van der Waals surface area contributed by atoms with Crippen molar-refractivity contribution < 1.29 is 9.59 Å². The molecule has 1 aromatic carbocycles. The van der Waals surface area contributed by atoms with E-state index in [2.05, 4.69) is 19.2 Å². The molecule has 4 nitrogen and oxygen atoms in total. The lowest BCUT2D eigenvalue weighted by atomic mass is 10.0. The molecule has 0 spiro atoms. The van der Waals surface area contributed by atoms with Gasteiger partial charge in [-0.2, -0.15) is 0 Å². The minimum absolute atomic E-state index is 0.0688. The van der Waals surface area contributed by atoms with Gasteiger partial charge in [-0.25, -0.2) is 0 Å². The third kappa shape index (κ3) is 2.84. The van der Waals surface area contributed by atoms with Gasteiger partial charge in [0.2, 0.25) is 5.91 Å². The fourth-order valence-electron chi connectivity index (χ4n) is 2.40. The first-order valence-corrected chi connectivity index (χ1v) is 7.04. The Hall–Kier alpha value is -1.84. The van der Waals surface area contributed by atoms with E-state index in [0.717, 1.165) is 5.69 Å². The van der Waals surface area contributed by atoms with Gasteiger partial charge >= 0.3 is 0 Å². The van der Waals surface area contributed by atoms with E-state index in [1.807, 2.05) is 24.3 Å². The SMILES string of the molecule is CC(C)c1ccc(N2CCC(=O)NC(C)(C)C2=O)cc1. The molecule has 0 saturated carbocycles. The van der Waals surface area contributed by atoms with Gasteiger partial charge in [-0.3, -0.25) is 9.59 Å². The number of nitrogens with zero attached hydrogens (tertiary/aromatic N) is 1. The fourth-order valence-corrected chi connectivity index (χ4v) is 2.40. The van der Waals surface area contributed by atoms with E-state index >= 15 is 0 Å². The predicted octanol–water partition coefficient (Wildman–Crippen LogP) is 2.44. The molecule has 20 heavy (non-hydrogen) atoms. The first kappa shape index (κ1) is 14.6. The van der Waals surface area contributed by atoms with Crippen LogP contribution in [0.15, 0.2) is 24.3 Å². The molecule has 1 saturated heterocycles. The van der Waals surface area contributed by atoms with Gasteiger partial charge in [0.05, 0.1) is 0 Å². The van der Waals surface area contributed by atoms with Crippen LogP contribution in [0.5, 0.6) is 0 Å². The highest BCUT2D eigenvalue weighted by Gasteiger charge is 2.37. The van der Waals surface area contributed by atoms with Gasteiger partial charge in [-0.05, 0) is 37.5 Å². The van der Waals surface area contributed by atoms with Crippen molar-refractivity contribution in [2.75, 3.05) is 11.4 Å². The zero-order valence-electron chi connectivity index (χ0n) is 12.6. The summed E-state index contributed by atoms with van der Waals surface area (Å²) in [6.45, 7) is 8.19. The van der Waals surface area contributed by atoms with E-state index in [9.17, 15) is 9.59 Å². The molecule has 1 fully saturated rings. The lowest BCUT2D eigenvalue weighted by Gasteiger charge is -2.29. The summed E-state index contributed by atoms with van der Waals surface area (Å²) in [6, 6.07) is 8.00. The van der Waals surface area contributed by atoms with E-state index in [0.29, 0.717) is 18.9 Å². The molecule has 1 heterocycles. The largest absolute Gasteiger partial charge is 0.342 e. The van der Waals surface area contributed by atoms with Crippen molar-refractivity contribution in [3.8, 4) is 0 Å². The summed E-state index contributed by atoms with van der Waals surface area (Å²) in [5.41, 5.74) is 1.23. The Morgan fingerprint density at radius 1 is 1.15 bits per heavy atom. The standard InChI is InChI=1S/C16H22N2O2/c1-11(2)12-5-7-13(8-6-12)18-10-9-14(19)17-16(3,4)15(18)20/h5-8,11H,9-10H2,1-4H3,(H,17,19). The molecule has 2 rings (SSSR count). The number of hydrogen-bond acceptors (Lipinski definition) is 2. The normalized spacial score (nSPS) is 18.9. The number of carbonyl (C=O) groups excluding carboxylic acids is 2. The molecule has 0 atom stereocenters. The van der Waals surface area contributed by atoms with Crippen LogP contribution < -0.4 is 10.2 Å². The van der Waals surface area contributed by atoms with Crippen molar-refractivity contribution in [1.82, 2.24) is 5.32 Å². The van der Waals surface area contributed by atoms with E-state index < -0.39 is 5.54 Å². The van der Waals surface area contributed by atoms with Crippen LogP contribution >= 0.6 is 0 Å². The summed E-state index contributed by atoms with van der Waals surface area (Å²) in [6.07, 6.45) is 0.334. The van der Waals surface area contributed by atoms with Gasteiger partial charge in [-0.1, -0.05) is 26.0 Å². The molecule has 1 aliphatic heterocycles. The molecule has 1 aromatic rings. The molecule has 0 unspecified atom stereocenters. The van der Waals surface area contributed by atoms with Crippen molar-refractivity contribution in [1.29, 1.82) is 0 Å². The molecule has 1 aliphatic rings. The van der Waals surface area contributed by atoms with Gasteiger partial charge < -0.3 is 10.2 Å². The summed E-state index contributed by atoms with van der Waals surface area (Å²) in [5.74, 6) is 0.314. The molecular formula is C16H22N2O2. The molecule has 0 radical (unpaired) electrons. The van der Waals surface area contributed by atoms with Gasteiger partial charge in [0, 0.05) is 18.7 Å². The van der Waals surface area contributed by atoms with Crippen molar-refractivity contribution >= 4 is 17.5 Å². The number of amides is 2. The lowest BCUT2D eigenvalue weighted by Crippen LogP contribution is -2.53. The van der Waals surface area contributed by atoms with Crippen LogP contribution in [0.4, 0.5) is 5.69 Å². The Balaban J connectivity index is 2.30. The summed E-state index contributed by atoms with van der Waals surface area (Å²) in [7, 11) is 0. The van der Waals surface area contributed by atoms with Crippen LogP contribution in [0.25, 0.3) is 0 Å². The van der Waals surface area contributed by atoms with Crippen LogP contribution in [0.3, 0.4) is 0 Å². The summed E-state index contributed by atoms with van der Waals surface area (Å²) < 4.78 is 0. The van der Waals surface area contributed by atoms with E-state index in [1.165, 1.54) is 5.56 Å². The van der Waals surface area contributed by atoms with Crippen LogP contribution in [0.2, 0.25) is 0 Å². The van der Waals surface area contributed by atoms with E-state index in [1.54, 1.807) is 18.7 Å². The smallest absolute Gasteiger partial charge is 0.252 e. The number of anilines is 1. The third-order valence-electron chi connectivity index (χ3n) is 3.67. The molecule has 108 valence electrons. The quantitative estimate of drug-likeness (QED) is 0.900. The highest BCUT2D eigenvalue weighted by molar-refractivity contribution is 6.03. The number of nitrogens with one attached hydrogen (secondary N) is 1. The van der Waals surface area contributed by atoms with Gasteiger partial charge in [0.1, 0.15) is 5.54 Å². The molecule has 2 amide bonds. The monoisotopic (exact) mass is 274 g/mol. The summed E-state index contributed by atoms with van der Waals surface area (Å²) in [5, 5.41) is 2.77. The Labute approximate surface area is 120 Å². The van der Waals surface area contributed by atoms with Crippen molar-refractivity contribution in [3.05, 3.63) is 29.8 Å². The van der Waals surface area contributed by atoms with Crippen LogP contribution in [-0.4, -0.2) is 23.9 Å². The predicted molar refractivity (Wildman–Crippen MR) is 79.7 cm³/mol. The van der Waals surface area contributed by atoms with Gasteiger partial charge in [-0.15, -0.1) is 0 Å². The number of rotatable bonds is 2. The molecule has 4 heteroatoms. The Morgan fingerprint density at radius 3 is 2.30 bits per heavy atom. The molecule has 0 bridgehead atoms. The maximum Gasteiger partial charge on any atom is 0.252 e. The maximum atomic E-state index is 12.5. The van der Waals surface area contributed by atoms with E-state index in [-0.39, 0.29) is 11.8 Å². The lowest BCUT2D eigenvalue weighted by molar-refractivity contribution is -0.128. The number of carbonyl (C=O) groups is 2. The molecular weight excluding hydrogens is 252 g/mol. The van der Waals surface area contributed by atoms with Crippen molar-refractivity contribution in [2.45, 2.75) is 45.6 Å². The highest BCUT2D eigenvalue weighted by Crippen LogP contribution is 2.24. The van der Waals surface area contributed by atoms with Crippen molar-refractivity contribution in [3.63, 3.8) is 0 Å². The zero-order valence-corrected chi connectivity index (χ0v) is 12.6.